The molecule has 0 heterocycles. The molecule has 3 heteroatoms. The van der Waals surface area contributed by atoms with Crippen molar-refractivity contribution in [2.75, 3.05) is 6.61 Å². The first-order valence-electron chi connectivity index (χ1n) is 7.46. The molecule has 0 radical (unpaired) electrons. The van der Waals surface area contributed by atoms with Crippen molar-refractivity contribution >= 4 is 10.8 Å². The highest BCUT2D eigenvalue weighted by Gasteiger charge is 2.09. The summed E-state index contributed by atoms with van der Waals surface area (Å²) in [5, 5.41) is 14.5. The van der Waals surface area contributed by atoms with E-state index in [2.05, 4.69) is 55.6 Å². The van der Waals surface area contributed by atoms with E-state index in [1.807, 2.05) is 6.07 Å². The molecule has 0 aliphatic heterocycles. The van der Waals surface area contributed by atoms with Crippen LogP contribution in [-0.2, 0) is 6.54 Å². The average Bonchev–Trinajstić information content (AvgIpc) is 2.49. The lowest BCUT2D eigenvalue weighted by Crippen LogP contribution is -2.22. The van der Waals surface area contributed by atoms with E-state index in [-0.39, 0.29) is 0 Å². The van der Waals surface area contributed by atoms with Crippen LogP contribution in [0.1, 0.15) is 32.3 Å². The van der Waals surface area contributed by atoms with Gasteiger partial charge in [0.15, 0.2) is 0 Å². The van der Waals surface area contributed by atoms with Crippen molar-refractivity contribution in [2.24, 2.45) is 0 Å². The summed E-state index contributed by atoms with van der Waals surface area (Å²) in [6.07, 6.45) is 1.30. The van der Waals surface area contributed by atoms with Crippen LogP contribution in [0.4, 0.5) is 0 Å². The minimum Gasteiger partial charge on any atom is -0.493 e. The van der Waals surface area contributed by atoms with E-state index < -0.39 is 0 Å². The van der Waals surface area contributed by atoms with Crippen LogP contribution in [0.2, 0.25) is 0 Å². The maximum Gasteiger partial charge on any atom is 0.124 e. The van der Waals surface area contributed by atoms with Gasteiger partial charge in [-0.2, -0.15) is 5.26 Å². The zero-order chi connectivity index (χ0) is 15.1. The molecule has 2 aromatic carbocycles. The van der Waals surface area contributed by atoms with Gasteiger partial charge in [0.2, 0.25) is 0 Å². The Labute approximate surface area is 126 Å². The molecule has 0 unspecified atom stereocenters. The highest BCUT2D eigenvalue weighted by Crippen LogP contribution is 2.28. The molecule has 2 rings (SSSR count). The van der Waals surface area contributed by atoms with Gasteiger partial charge in [-0.15, -0.1) is 0 Å². The number of rotatable bonds is 7. The van der Waals surface area contributed by atoms with Crippen molar-refractivity contribution in [3.05, 3.63) is 42.0 Å². The Morgan fingerprint density at radius 1 is 1.19 bits per heavy atom. The van der Waals surface area contributed by atoms with Crippen molar-refractivity contribution in [1.82, 2.24) is 5.32 Å². The molecule has 1 N–H and O–H groups in total. The molecule has 21 heavy (non-hydrogen) atoms. The number of benzene rings is 2. The van der Waals surface area contributed by atoms with Crippen molar-refractivity contribution in [3.63, 3.8) is 0 Å². The molecule has 2 aromatic rings. The van der Waals surface area contributed by atoms with E-state index in [0.29, 0.717) is 19.1 Å². The Morgan fingerprint density at radius 3 is 2.76 bits per heavy atom. The number of hydrogen-bond donors (Lipinski definition) is 1. The molecular weight excluding hydrogens is 260 g/mol. The standard InChI is InChI=1S/C18H22N2O/c1-14(2)20-13-17-16-8-4-3-7-15(16)9-10-18(17)21-12-6-5-11-19/h3-4,7-10,14,20H,5-6,12-13H2,1-2H3. The average molecular weight is 282 g/mol. The summed E-state index contributed by atoms with van der Waals surface area (Å²) in [6.45, 7) is 5.64. The highest BCUT2D eigenvalue weighted by atomic mass is 16.5. The summed E-state index contributed by atoms with van der Waals surface area (Å²) in [5.41, 5.74) is 1.19. The molecule has 0 spiro atoms. The number of hydrogen-bond acceptors (Lipinski definition) is 3. The Bertz CT molecular complexity index is 629. The van der Waals surface area contributed by atoms with Gasteiger partial charge in [-0.1, -0.05) is 44.2 Å². The largest absolute Gasteiger partial charge is 0.493 e. The smallest absolute Gasteiger partial charge is 0.124 e. The van der Waals surface area contributed by atoms with Crippen LogP contribution in [-0.4, -0.2) is 12.6 Å². The lowest BCUT2D eigenvalue weighted by molar-refractivity contribution is 0.309. The summed E-state index contributed by atoms with van der Waals surface area (Å²) < 4.78 is 5.89. The first kappa shape index (κ1) is 15.3. The van der Waals surface area contributed by atoms with E-state index in [4.69, 9.17) is 10.00 Å². The number of nitrogens with zero attached hydrogens (tertiary/aromatic N) is 1. The first-order chi connectivity index (χ1) is 10.2. The fourth-order valence-corrected chi connectivity index (χ4v) is 2.27. The molecule has 0 aliphatic rings. The Kier molecular flexibility index (Phi) is 5.59. The van der Waals surface area contributed by atoms with Gasteiger partial charge in [-0.3, -0.25) is 0 Å². The predicted octanol–water partition coefficient (Wildman–Crippen LogP) is 4.02. The lowest BCUT2D eigenvalue weighted by atomic mass is 10.0. The van der Waals surface area contributed by atoms with Gasteiger partial charge in [0.1, 0.15) is 5.75 Å². The van der Waals surface area contributed by atoms with E-state index in [9.17, 15) is 0 Å². The number of nitriles is 1. The van der Waals surface area contributed by atoms with Crippen LogP contribution in [0, 0.1) is 11.3 Å². The van der Waals surface area contributed by atoms with Gasteiger partial charge in [-0.05, 0) is 23.3 Å². The van der Waals surface area contributed by atoms with E-state index in [1.165, 1.54) is 16.3 Å². The van der Waals surface area contributed by atoms with Crippen LogP contribution in [0.15, 0.2) is 36.4 Å². The van der Waals surface area contributed by atoms with Crippen molar-refractivity contribution in [1.29, 1.82) is 5.26 Å². The second-order valence-electron chi connectivity index (χ2n) is 5.41. The second kappa shape index (κ2) is 7.66. The third-order valence-electron chi connectivity index (χ3n) is 3.38. The fraction of sp³-hybridized carbons (Fsp3) is 0.389. The van der Waals surface area contributed by atoms with E-state index >= 15 is 0 Å². The van der Waals surface area contributed by atoms with Crippen molar-refractivity contribution in [2.45, 2.75) is 39.3 Å². The molecule has 0 fully saturated rings. The summed E-state index contributed by atoms with van der Waals surface area (Å²) in [6, 6.07) is 15.1. The molecule has 0 aliphatic carbocycles. The van der Waals surface area contributed by atoms with Crippen LogP contribution in [0.3, 0.4) is 0 Å². The molecule has 0 bridgehead atoms. The van der Waals surface area contributed by atoms with Crippen LogP contribution in [0.5, 0.6) is 5.75 Å². The van der Waals surface area contributed by atoms with Gasteiger partial charge in [-0.25, -0.2) is 0 Å². The van der Waals surface area contributed by atoms with Gasteiger partial charge in [0.25, 0.3) is 0 Å². The molecule has 110 valence electrons. The third kappa shape index (κ3) is 4.21. The molecule has 0 amide bonds. The number of ether oxygens (including phenoxy) is 1. The SMILES string of the molecule is CC(C)NCc1c(OCCCC#N)ccc2ccccc12. The summed E-state index contributed by atoms with van der Waals surface area (Å²) in [7, 11) is 0. The predicted molar refractivity (Wildman–Crippen MR) is 86.3 cm³/mol. The molecule has 0 atom stereocenters. The monoisotopic (exact) mass is 282 g/mol. The van der Waals surface area contributed by atoms with Gasteiger partial charge in [0, 0.05) is 24.6 Å². The minimum absolute atomic E-state index is 0.426. The zero-order valence-corrected chi connectivity index (χ0v) is 12.7. The molecular formula is C18H22N2O. The van der Waals surface area contributed by atoms with Crippen LogP contribution >= 0.6 is 0 Å². The first-order valence-corrected chi connectivity index (χ1v) is 7.46. The van der Waals surface area contributed by atoms with E-state index in [1.54, 1.807) is 0 Å². The highest BCUT2D eigenvalue weighted by molar-refractivity contribution is 5.87. The lowest BCUT2D eigenvalue weighted by Gasteiger charge is -2.16. The van der Waals surface area contributed by atoms with Crippen LogP contribution in [0.25, 0.3) is 10.8 Å². The van der Waals surface area contributed by atoms with Crippen LogP contribution < -0.4 is 10.1 Å². The molecule has 0 saturated carbocycles. The summed E-state index contributed by atoms with van der Waals surface area (Å²) in [5.74, 6) is 0.916. The van der Waals surface area contributed by atoms with Gasteiger partial charge in [0.05, 0.1) is 12.7 Å². The Morgan fingerprint density at radius 2 is 2.00 bits per heavy atom. The van der Waals surface area contributed by atoms with Crippen molar-refractivity contribution in [3.8, 4) is 11.8 Å². The van der Waals surface area contributed by atoms with Gasteiger partial charge >= 0.3 is 0 Å². The van der Waals surface area contributed by atoms with Gasteiger partial charge < -0.3 is 10.1 Å². The number of fused-ring (bicyclic) bond motifs is 1. The normalized spacial score (nSPS) is 10.8. The molecule has 3 nitrogen and oxygen atoms in total. The Hall–Kier alpha value is -2.05. The van der Waals surface area contributed by atoms with Crippen molar-refractivity contribution < 1.29 is 4.74 Å². The topological polar surface area (TPSA) is 45.0 Å². The van der Waals surface area contributed by atoms with E-state index in [0.717, 1.165) is 18.7 Å². The number of unbranched alkanes of at least 4 members (excludes halogenated alkanes) is 1. The summed E-state index contributed by atoms with van der Waals surface area (Å²) >= 11 is 0. The fourth-order valence-electron chi connectivity index (χ4n) is 2.27. The minimum atomic E-state index is 0.426. The number of nitrogens with one attached hydrogen (secondary N) is 1. The summed E-state index contributed by atoms with van der Waals surface area (Å²) in [4.78, 5) is 0. The molecule has 0 aromatic heterocycles. The third-order valence-corrected chi connectivity index (χ3v) is 3.38. The maximum atomic E-state index is 8.59. The quantitative estimate of drug-likeness (QED) is 0.780. The Balaban J connectivity index is 2.25. The molecule has 0 saturated heterocycles. The maximum absolute atomic E-state index is 8.59. The second-order valence-corrected chi connectivity index (χ2v) is 5.41. The zero-order valence-electron chi connectivity index (χ0n) is 12.7.